The Bertz CT molecular complexity index is 110. The van der Waals surface area contributed by atoms with E-state index in [9.17, 15) is 4.79 Å². The maximum absolute atomic E-state index is 10.0. The van der Waals surface area contributed by atoms with E-state index in [-0.39, 0.29) is 5.92 Å². The lowest BCUT2D eigenvalue weighted by atomic mass is 10.1. The van der Waals surface area contributed by atoms with Gasteiger partial charge in [0.05, 0.1) is 0 Å². The largest absolute Gasteiger partial charge is 0.303 e. The van der Waals surface area contributed by atoms with E-state index >= 15 is 0 Å². The summed E-state index contributed by atoms with van der Waals surface area (Å²) < 4.78 is 0. The Labute approximate surface area is 56.5 Å². The quantitative estimate of drug-likeness (QED) is 0.316. The van der Waals surface area contributed by atoms with Crippen molar-refractivity contribution in [2.75, 3.05) is 0 Å². The first-order valence-electron chi connectivity index (χ1n) is 3.20. The van der Waals surface area contributed by atoms with Crippen molar-refractivity contribution < 1.29 is 4.79 Å². The van der Waals surface area contributed by atoms with Crippen LogP contribution in [0.25, 0.3) is 0 Å². The third-order valence-corrected chi connectivity index (χ3v) is 1.21. The van der Waals surface area contributed by atoms with Crippen LogP contribution in [0.15, 0.2) is 0 Å². The molecule has 0 radical (unpaired) electrons. The van der Waals surface area contributed by atoms with E-state index in [1.165, 1.54) is 0 Å². The third kappa shape index (κ3) is 5.10. The molecule has 0 fully saturated rings. The lowest BCUT2D eigenvalue weighted by Crippen LogP contribution is -1.93. The smallest absolute Gasteiger partial charge is 0.122 e. The van der Waals surface area contributed by atoms with Crippen LogP contribution >= 0.6 is 0 Å². The van der Waals surface area contributed by atoms with Gasteiger partial charge in [0.1, 0.15) is 6.29 Å². The maximum atomic E-state index is 10.0. The fraction of sp³-hybridized carbons (Fsp3) is 0.625. The second-order valence-corrected chi connectivity index (χ2v) is 2.21. The van der Waals surface area contributed by atoms with Crippen molar-refractivity contribution in [3.63, 3.8) is 0 Å². The van der Waals surface area contributed by atoms with Gasteiger partial charge in [-0.3, -0.25) is 0 Å². The fourth-order valence-corrected chi connectivity index (χ4v) is 0.594. The molecule has 9 heavy (non-hydrogen) atoms. The summed E-state index contributed by atoms with van der Waals surface area (Å²) in [6.07, 6.45) is 8.67. The molecule has 0 aromatic carbocycles. The molecule has 0 N–H and O–H groups in total. The van der Waals surface area contributed by atoms with Crippen LogP contribution in [0.4, 0.5) is 0 Å². The second-order valence-electron chi connectivity index (χ2n) is 2.21. The van der Waals surface area contributed by atoms with Gasteiger partial charge in [0, 0.05) is 12.3 Å². The van der Waals surface area contributed by atoms with Crippen LogP contribution in [0.2, 0.25) is 0 Å². The molecule has 0 rings (SSSR count). The average molecular weight is 124 g/mol. The number of carbonyl (C=O) groups is 1. The molecule has 0 bridgehead atoms. The van der Waals surface area contributed by atoms with Crippen molar-refractivity contribution in [3.05, 3.63) is 0 Å². The van der Waals surface area contributed by atoms with Crippen molar-refractivity contribution in [1.82, 2.24) is 0 Å². The highest BCUT2D eigenvalue weighted by atomic mass is 16.1. The van der Waals surface area contributed by atoms with E-state index in [1.54, 1.807) is 0 Å². The normalized spacial score (nSPS) is 12.0. The number of aldehydes is 1. The molecule has 1 nitrogen and oxygen atoms in total. The Balaban J connectivity index is 3.08. The van der Waals surface area contributed by atoms with E-state index in [4.69, 9.17) is 6.42 Å². The van der Waals surface area contributed by atoms with Gasteiger partial charge in [0.2, 0.25) is 0 Å². The summed E-state index contributed by atoms with van der Waals surface area (Å²) in [4.78, 5) is 10.0. The minimum atomic E-state index is 0.179. The maximum Gasteiger partial charge on any atom is 0.122 e. The van der Waals surface area contributed by atoms with E-state index in [0.717, 1.165) is 25.5 Å². The molecule has 0 spiro atoms. The van der Waals surface area contributed by atoms with Gasteiger partial charge in [-0.1, -0.05) is 6.92 Å². The Hall–Kier alpha value is -0.770. The highest BCUT2D eigenvalue weighted by Crippen LogP contribution is 2.03. The van der Waals surface area contributed by atoms with Gasteiger partial charge in [0.15, 0.2) is 0 Å². The average Bonchev–Trinajstić information content (AvgIpc) is 1.89. The summed E-state index contributed by atoms with van der Waals surface area (Å²) in [5.41, 5.74) is 0. The van der Waals surface area contributed by atoms with E-state index in [2.05, 4.69) is 5.92 Å². The van der Waals surface area contributed by atoms with Gasteiger partial charge in [-0.05, 0) is 12.8 Å². The molecular weight excluding hydrogens is 112 g/mol. The number of hydrogen-bond donors (Lipinski definition) is 0. The Morgan fingerprint density at radius 1 is 1.78 bits per heavy atom. The number of hydrogen-bond acceptors (Lipinski definition) is 1. The molecule has 0 saturated carbocycles. The first-order chi connectivity index (χ1) is 4.31. The summed E-state index contributed by atoms with van der Waals surface area (Å²) in [6.45, 7) is 1.91. The van der Waals surface area contributed by atoms with Crippen molar-refractivity contribution in [1.29, 1.82) is 0 Å². The van der Waals surface area contributed by atoms with Gasteiger partial charge < -0.3 is 4.79 Å². The second kappa shape index (κ2) is 5.37. The monoisotopic (exact) mass is 124 g/mol. The minimum absolute atomic E-state index is 0.179. The number of carbonyl (C=O) groups excluding carboxylic acids is 1. The fourth-order valence-electron chi connectivity index (χ4n) is 0.594. The zero-order valence-corrected chi connectivity index (χ0v) is 5.76. The van der Waals surface area contributed by atoms with Gasteiger partial charge >= 0.3 is 0 Å². The number of rotatable bonds is 4. The lowest BCUT2D eigenvalue weighted by Gasteiger charge is -1.97. The Morgan fingerprint density at radius 3 is 2.89 bits per heavy atom. The molecule has 0 saturated heterocycles. The van der Waals surface area contributed by atoms with Crippen molar-refractivity contribution in [2.45, 2.75) is 26.2 Å². The molecule has 0 heterocycles. The van der Waals surface area contributed by atoms with Crippen molar-refractivity contribution in [2.24, 2.45) is 5.92 Å². The molecule has 1 heteroatoms. The van der Waals surface area contributed by atoms with Crippen molar-refractivity contribution in [3.8, 4) is 12.3 Å². The zero-order chi connectivity index (χ0) is 7.11. The topological polar surface area (TPSA) is 17.1 Å². The SMILES string of the molecule is C#CCCC[C@H](C)C=O. The summed E-state index contributed by atoms with van der Waals surface area (Å²) in [7, 11) is 0. The molecule has 0 aliphatic heterocycles. The van der Waals surface area contributed by atoms with Gasteiger partial charge in [-0.15, -0.1) is 12.3 Å². The predicted molar refractivity (Wildman–Crippen MR) is 37.9 cm³/mol. The van der Waals surface area contributed by atoms with E-state index in [0.29, 0.717) is 0 Å². The Morgan fingerprint density at radius 2 is 2.44 bits per heavy atom. The van der Waals surface area contributed by atoms with Crippen LogP contribution < -0.4 is 0 Å². The molecule has 50 valence electrons. The van der Waals surface area contributed by atoms with Crippen LogP contribution in [-0.2, 0) is 4.79 Å². The predicted octanol–water partition coefficient (Wildman–Crippen LogP) is 1.62. The van der Waals surface area contributed by atoms with Crippen LogP contribution in [0.3, 0.4) is 0 Å². The molecular formula is C8H12O. The van der Waals surface area contributed by atoms with Crippen LogP contribution in [0, 0.1) is 18.3 Å². The first-order valence-corrected chi connectivity index (χ1v) is 3.20. The van der Waals surface area contributed by atoms with Gasteiger partial charge in [-0.25, -0.2) is 0 Å². The van der Waals surface area contributed by atoms with Crippen LogP contribution in [0.1, 0.15) is 26.2 Å². The van der Waals surface area contributed by atoms with Crippen molar-refractivity contribution >= 4 is 6.29 Å². The number of terminal acetylenes is 1. The molecule has 0 aliphatic rings. The Kier molecular flexibility index (Phi) is 4.91. The van der Waals surface area contributed by atoms with Gasteiger partial charge in [0.25, 0.3) is 0 Å². The van der Waals surface area contributed by atoms with Gasteiger partial charge in [-0.2, -0.15) is 0 Å². The highest BCUT2D eigenvalue weighted by molar-refractivity contribution is 5.52. The number of unbranched alkanes of at least 4 members (excludes halogenated alkanes) is 1. The minimum Gasteiger partial charge on any atom is -0.303 e. The summed E-state index contributed by atoms with van der Waals surface area (Å²) in [5.74, 6) is 2.71. The third-order valence-electron chi connectivity index (χ3n) is 1.21. The van der Waals surface area contributed by atoms with Crippen LogP contribution in [-0.4, -0.2) is 6.29 Å². The van der Waals surface area contributed by atoms with E-state index in [1.807, 2.05) is 6.92 Å². The standard InChI is InChI=1S/C8H12O/c1-3-4-5-6-8(2)7-9/h1,7-8H,4-6H2,2H3/t8-/m0/s1. The molecule has 0 amide bonds. The molecule has 0 aromatic heterocycles. The van der Waals surface area contributed by atoms with Crippen LogP contribution in [0.5, 0.6) is 0 Å². The zero-order valence-electron chi connectivity index (χ0n) is 5.76. The molecule has 0 aromatic rings. The molecule has 1 atom stereocenters. The first kappa shape index (κ1) is 8.23. The summed E-state index contributed by atoms with van der Waals surface area (Å²) >= 11 is 0. The van der Waals surface area contributed by atoms with E-state index < -0.39 is 0 Å². The molecule has 0 unspecified atom stereocenters. The lowest BCUT2D eigenvalue weighted by molar-refractivity contribution is -0.110. The highest BCUT2D eigenvalue weighted by Gasteiger charge is 1.96. The summed E-state index contributed by atoms with van der Waals surface area (Å²) in [5, 5.41) is 0. The molecule has 0 aliphatic carbocycles. The summed E-state index contributed by atoms with van der Waals surface area (Å²) in [6, 6.07) is 0.